The first-order chi connectivity index (χ1) is 8.79. The fourth-order valence-corrected chi connectivity index (χ4v) is 2.01. The Bertz CT molecular complexity index is 476. The highest BCUT2D eigenvalue weighted by atomic mass is 35.5. The molecule has 2 aromatic rings. The third kappa shape index (κ3) is 3.59. The third-order valence-corrected chi connectivity index (χ3v) is 3.15. The topological polar surface area (TPSA) is 54.7 Å². The second-order valence-electron chi connectivity index (χ2n) is 4.35. The second kappa shape index (κ2) is 6.57. The molecule has 0 saturated heterocycles. The van der Waals surface area contributed by atoms with Gasteiger partial charge in [-0.05, 0) is 37.1 Å². The van der Waals surface area contributed by atoms with Gasteiger partial charge in [0.2, 0.25) is 0 Å². The first-order valence-electron chi connectivity index (χ1n) is 6.29. The lowest BCUT2D eigenvalue weighted by Crippen LogP contribution is -1.98. The number of hydrogen-bond donors (Lipinski definition) is 2. The van der Waals surface area contributed by atoms with Gasteiger partial charge >= 0.3 is 0 Å². The summed E-state index contributed by atoms with van der Waals surface area (Å²) in [5, 5.41) is 0.750. The van der Waals surface area contributed by atoms with Gasteiger partial charge in [0.25, 0.3) is 0 Å². The molecular weight excluding hydrogens is 246 g/mol. The van der Waals surface area contributed by atoms with Crippen molar-refractivity contribution in [1.82, 2.24) is 9.97 Å². The SMILES string of the molecule is NCCCCCc1ncc(-c2ccc(Cl)cc2)[nH]1. The summed E-state index contributed by atoms with van der Waals surface area (Å²) in [5.41, 5.74) is 7.62. The van der Waals surface area contributed by atoms with Crippen LogP contribution in [0.25, 0.3) is 11.3 Å². The number of rotatable bonds is 6. The Labute approximate surface area is 112 Å². The van der Waals surface area contributed by atoms with E-state index in [0.29, 0.717) is 0 Å². The molecule has 1 heterocycles. The first-order valence-corrected chi connectivity index (χ1v) is 6.67. The molecule has 3 nitrogen and oxygen atoms in total. The molecule has 4 heteroatoms. The lowest BCUT2D eigenvalue weighted by molar-refractivity contribution is 0.673. The predicted molar refractivity (Wildman–Crippen MR) is 75.6 cm³/mol. The quantitative estimate of drug-likeness (QED) is 0.785. The van der Waals surface area contributed by atoms with Crippen molar-refractivity contribution in [3.63, 3.8) is 0 Å². The van der Waals surface area contributed by atoms with Crippen LogP contribution in [0, 0.1) is 0 Å². The zero-order valence-corrected chi connectivity index (χ0v) is 11.1. The number of nitrogens with zero attached hydrogens (tertiary/aromatic N) is 1. The van der Waals surface area contributed by atoms with E-state index in [-0.39, 0.29) is 0 Å². The van der Waals surface area contributed by atoms with Gasteiger partial charge in [-0.1, -0.05) is 30.2 Å². The van der Waals surface area contributed by atoms with Crippen molar-refractivity contribution in [3.8, 4) is 11.3 Å². The highest BCUT2D eigenvalue weighted by Crippen LogP contribution is 2.20. The van der Waals surface area contributed by atoms with Gasteiger partial charge < -0.3 is 10.7 Å². The van der Waals surface area contributed by atoms with Crippen LogP contribution in [0.5, 0.6) is 0 Å². The number of H-pyrrole nitrogens is 1. The van der Waals surface area contributed by atoms with E-state index in [9.17, 15) is 0 Å². The minimum absolute atomic E-state index is 0.750. The summed E-state index contributed by atoms with van der Waals surface area (Å²) in [6.45, 7) is 0.772. The molecule has 0 aliphatic rings. The number of unbranched alkanes of at least 4 members (excludes halogenated alkanes) is 2. The molecule has 0 aliphatic heterocycles. The van der Waals surface area contributed by atoms with Crippen LogP contribution in [0.1, 0.15) is 25.1 Å². The molecule has 2 rings (SSSR count). The Balaban J connectivity index is 1.95. The maximum Gasteiger partial charge on any atom is 0.106 e. The van der Waals surface area contributed by atoms with Crippen LogP contribution in [-0.4, -0.2) is 16.5 Å². The zero-order valence-electron chi connectivity index (χ0n) is 10.3. The molecule has 0 radical (unpaired) electrons. The highest BCUT2D eigenvalue weighted by Gasteiger charge is 2.03. The summed E-state index contributed by atoms with van der Waals surface area (Å²) in [4.78, 5) is 7.73. The molecule has 0 atom stereocenters. The number of aryl methyl sites for hydroxylation is 1. The normalized spacial score (nSPS) is 10.8. The Morgan fingerprint density at radius 1 is 1.11 bits per heavy atom. The van der Waals surface area contributed by atoms with Crippen LogP contribution in [0.4, 0.5) is 0 Å². The zero-order chi connectivity index (χ0) is 12.8. The Morgan fingerprint density at radius 2 is 1.89 bits per heavy atom. The van der Waals surface area contributed by atoms with Gasteiger partial charge in [0.15, 0.2) is 0 Å². The smallest absolute Gasteiger partial charge is 0.106 e. The molecule has 0 amide bonds. The number of halogens is 1. The summed E-state index contributed by atoms with van der Waals surface area (Å²) in [5.74, 6) is 1.04. The monoisotopic (exact) mass is 263 g/mol. The van der Waals surface area contributed by atoms with Gasteiger partial charge in [-0.25, -0.2) is 4.98 Å². The number of nitrogens with one attached hydrogen (secondary N) is 1. The van der Waals surface area contributed by atoms with Crippen LogP contribution in [0.15, 0.2) is 30.5 Å². The number of benzene rings is 1. The third-order valence-electron chi connectivity index (χ3n) is 2.90. The number of hydrogen-bond acceptors (Lipinski definition) is 2. The Hall–Kier alpha value is -1.32. The van der Waals surface area contributed by atoms with E-state index in [1.165, 1.54) is 0 Å². The second-order valence-corrected chi connectivity index (χ2v) is 4.79. The van der Waals surface area contributed by atoms with E-state index < -0.39 is 0 Å². The molecule has 0 saturated carbocycles. The number of aromatic amines is 1. The van der Waals surface area contributed by atoms with Crippen LogP contribution < -0.4 is 5.73 Å². The molecule has 0 fully saturated rings. The lowest BCUT2D eigenvalue weighted by Gasteiger charge is -1.98. The van der Waals surface area contributed by atoms with E-state index >= 15 is 0 Å². The van der Waals surface area contributed by atoms with E-state index in [4.69, 9.17) is 17.3 Å². The molecule has 0 aliphatic carbocycles. The molecule has 0 bridgehead atoms. The highest BCUT2D eigenvalue weighted by molar-refractivity contribution is 6.30. The molecule has 1 aromatic heterocycles. The average molecular weight is 264 g/mol. The summed E-state index contributed by atoms with van der Waals surface area (Å²) >= 11 is 5.87. The maximum atomic E-state index is 5.87. The fraction of sp³-hybridized carbons (Fsp3) is 0.357. The van der Waals surface area contributed by atoms with Gasteiger partial charge in [0.1, 0.15) is 5.82 Å². The van der Waals surface area contributed by atoms with Gasteiger partial charge in [-0.3, -0.25) is 0 Å². The molecule has 0 unspecified atom stereocenters. The van der Waals surface area contributed by atoms with Crippen molar-refractivity contribution in [2.75, 3.05) is 6.54 Å². The van der Waals surface area contributed by atoms with E-state index in [2.05, 4.69) is 9.97 Å². The van der Waals surface area contributed by atoms with Gasteiger partial charge in [-0.2, -0.15) is 0 Å². The Morgan fingerprint density at radius 3 is 2.61 bits per heavy atom. The summed E-state index contributed by atoms with van der Waals surface area (Å²) < 4.78 is 0. The number of aromatic nitrogens is 2. The summed E-state index contributed by atoms with van der Waals surface area (Å²) in [7, 11) is 0. The van der Waals surface area contributed by atoms with Gasteiger partial charge in [0.05, 0.1) is 11.9 Å². The Kier molecular flexibility index (Phi) is 4.79. The summed E-state index contributed by atoms with van der Waals surface area (Å²) in [6, 6.07) is 7.76. The van der Waals surface area contributed by atoms with Crippen molar-refractivity contribution in [1.29, 1.82) is 0 Å². The molecule has 96 valence electrons. The summed E-state index contributed by atoms with van der Waals surface area (Å²) in [6.07, 6.45) is 6.23. The van der Waals surface area contributed by atoms with Gasteiger partial charge in [0, 0.05) is 11.4 Å². The van der Waals surface area contributed by atoms with Crippen molar-refractivity contribution in [2.45, 2.75) is 25.7 Å². The van der Waals surface area contributed by atoms with Crippen molar-refractivity contribution in [2.24, 2.45) is 5.73 Å². The lowest BCUT2D eigenvalue weighted by atomic mass is 10.2. The number of imidazole rings is 1. The molecule has 1 aromatic carbocycles. The van der Waals surface area contributed by atoms with Crippen LogP contribution in [0.2, 0.25) is 5.02 Å². The van der Waals surface area contributed by atoms with E-state index in [0.717, 1.165) is 54.3 Å². The van der Waals surface area contributed by atoms with Crippen LogP contribution in [-0.2, 0) is 6.42 Å². The average Bonchev–Trinajstić information content (AvgIpc) is 2.84. The molecular formula is C14H18ClN3. The predicted octanol–water partition coefficient (Wildman–Crippen LogP) is 3.40. The standard InChI is InChI=1S/C14H18ClN3/c15-12-7-5-11(6-8-12)13-10-17-14(18-13)4-2-1-3-9-16/h5-8,10H,1-4,9,16H2,(H,17,18). The largest absolute Gasteiger partial charge is 0.342 e. The van der Waals surface area contributed by atoms with E-state index in [1.54, 1.807) is 0 Å². The number of nitrogens with two attached hydrogens (primary N) is 1. The van der Waals surface area contributed by atoms with Gasteiger partial charge in [-0.15, -0.1) is 0 Å². The maximum absolute atomic E-state index is 5.87. The van der Waals surface area contributed by atoms with Crippen LogP contribution in [0.3, 0.4) is 0 Å². The minimum atomic E-state index is 0.750. The first kappa shape index (κ1) is 13.1. The fourth-order valence-electron chi connectivity index (χ4n) is 1.88. The molecule has 0 spiro atoms. The minimum Gasteiger partial charge on any atom is -0.342 e. The molecule has 3 N–H and O–H groups in total. The van der Waals surface area contributed by atoms with E-state index in [1.807, 2.05) is 30.5 Å². The van der Waals surface area contributed by atoms with Crippen LogP contribution >= 0.6 is 11.6 Å². The molecule has 18 heavy (non-hydrogen) atoms. The van der Waals surface area contributed by atoms with Crippen molar-refractivity contribution < 1.29 is 0 Å². The van der Waals surface area contributed by atoms with Crippen molar-refractivity contribution >= 4 is 11.6 Å². The van der Waals surface area contributed by atoms with Crippen molar-refractivity contribution in [3.05, 3.63) is 41.3 Å².